The van der Waals surface area contributed by atoms with E-state index in [1.807, 2.05) is 32.7 Å². The van der Waals surface area contributed by atoms with Crippen LogP contribution in [0.3, 0.4) is 0 Å². The molecule has 5 nitrogen and oxygen atoms in total. The Kier molecular flexibility index (Phi) is 6.81. The standard InChI is InChI=1S/C19H35N3O2/c1-19(2,3)17(23)15-7-5-6-8-16(15)18(24)21(4)13-14-22-11-9-20-10-12-22/h15-16,20H,5-14H2,1-4H3/t15-,16+/m0/s1. The summed E-state index contributed by atoms with van der Waals surface area (Å²) in [6, 6.07) is 0. The third-order valence-corrected chi connectivity index (χ3v) is 5.50. The van der Waals surface area contributed by atoms with Crippen LogP contribution >= 0.6 is 0 Å². The van der Waals surface area contributed by atoms with Gasteiger partial charge < -0.3 is 10.2 Å². The normalized spacial score (nSPS) is 26.2. The van der Waals surface area contributed by atoms with E-state index in [1.165, 1.54) is 0 Å². The van der Waals surface area contributed by atoms with Gasteiger partial charge in [0, 0.05) is 63.6 Å². The minimum Gasteiger partial charge on any atom is -0.344 e. The maximum atomic E-state index is 13.0. The number of hydrogen-bond acceptors (Lipinski definition) is 4. The average molecular weight is 338 g/mol. The molecule has 0 aromatic carbocycles. The van der Waals surface area contributed by atoms with E-state index < -0.39 is 0 Å². The van der Waals surface area contributed by atoms with Crippen LogP contribution in [-0.2, 0) is 9.59 Å². The second kappa shape index (κ2) is 8.43. The molecule has 2 aliphatic rings. The summed E-state index contributed by atoms with van der Waals surface area (Å²) in [5.74, 6) is 0.231. The summed E-state index contributed by atoms with van der Waals surface area (Å²) in [6.45, 7) is 11.8. The maximum absolute atomic E-state index is 13.0. The number of likely N-dealkylation sites (N-methyl/N-ethyl adjacent to an activating group) is 1. The lowest BCUT2D eigenvalue weighted by molar-refractivity contribution is -0.144. The summed E-state index contributed by atoms with van der Waals surface area (Å²) in [6.07, 6.45) is 3.87. The van der Waals surface area contributed by atoms with Crippen LogP contribution in [0, 0.1) is 17.3 Å². The van der Waals surface area contributed by atoms with E-state index in [0.29, 0.717) is 0 Å². The Labute approximate surface area is 147 Å². The molecular formula is C19H35N3O2. The monoisotopic (exact) mass is 337 g/mol. The minimum absolute atomic E-state index is 0.0899. The summed E-state index contributed by atoms with van der Waals surface area (Å²) in [5.41, 5.74) is -0.361. The molecule has 24 heavy (non-hydrogen) atoms. The van der Waals surface area contributed by atoms with Gasteiger partial charge in [-0.05, 0) is 12.8 Å². The molecule has 1 aliphatic heterocycles. The van der Waals surface area contributed by atoms with E-state index in [2.05, 4.69) is 10.2 Å². The molecule has 1 N–H and O–H groups in total. The van der Waals surface area contributed by atoms with Gasteiger partial charge in [0.25, 0.3) is 0 Å². The quantitative estimate of drug-likeness (QED) is 0.831. The van der Waals surface area contributed by atoms with Crippen LogP contribution in [0.1, 0.15) is 46.5 Å². The second-order valence-corrected chi connectivity index (χ2v) is 8.46. The second-order valence-electron chi connectivity index (χ2n) is 8.46. The first kappa shape index (κ1) is 19.4. The zero-order chi connectivity index (χ0) is 17.7. The van der Waals surface area contributed by atoms with E-state index in [9.17, 15) is 9.59 Å². The van der Waals surface area contributed by atoms with Gasteiger partial charge in [0.2, 0.25) is 5.91 Å². The predicted molar refractivity (Wildman–Crippen MR) is 96.9 cm³/mol. The Balaban J connectivity index is 1.93. The highest BCUT2D eigenvalue weighted by molar-refractivity contribution is 5.91. The van der Waals surface area contributed by atoms with Crippen molar-refractivity contribution in [3.63, 3.8) is 0 Å². The molecule has 2 atom stereocenters. The maximum Gasteiger partial charge on any atom is 0.226 e. The van der Waals surface area contributed by atoms with Crippen LogP contribution < -0.4 is 5.32 Å². The van der Waals surface area contributed by atoms with E-state index in [0.717, 1.165) is 65.0 Å². The Morgan fingerprint density at radius 1 is 1.08 bits per heavy atom. The molecule has 1 amide bonds. The molecule has 2 rings (SSSR count). The molecule has 138 valence electrons. The first-order chi connectivity index (χ1) is 11.3. The van der Waals surface area contributed by atoms with Crippen molar-refractivity contribution in [2.75, 3.05) is 46.3 Å². The lowest BCUT2D eigenvalue weighted by atomic mass is 9.70. The first-order valence-corrected chi connectivity index (χ1v) is 9.53. The van der Waals surface area contributed by atoms with Gasteiger partial charge in [-0.1, -0.05) is 33.6 Å². The lowest BCUT2D eigenvalue weighted by Crippen LogP contribution is -2.48. The summed E-state index contributed by atoms with van der Waals surface area (Å²) >= 11 is 0. The van der Waals surface area contributed by atoms with Crippen molar-refractivity contribution in [3.8, 4) is 0 Å². The van der Waals surface area contributed by atoms with Gasteiger partial charge in [-0.2, -0.15) is 0 Å². The highest BCUT2D eigenvalue weighted by Gasteiger charge is 2.40. The Bertz CT molecular complexity index is 438. The van der Waals surface area contributed by atoms with Crippen molar-refractivity contribution in [2.45, 2.75) is 46.5 Å². The SMILES string of the molecule is CN(CCN1CCNCC1)C(=O)[C@@H]1CCCC[C@@H]1C(=O)C(C)(C)C. The largest absolute Gasteiger partial charge is 0.344 e. The molecule has 0 unspecified atom stereocenters. The summed E-state index contributed by atoms with van der Waals surface area (Å²) < 4.78 is 0. The molecule has 0 aromatic heterocycles. The Morgan fingerprint density at radius 2 is 1.67 bits per heavy atom. The molecule has 1 aliphatic carbocycles. The van der Waals surface area contributed by atoms with Crippen molar-refractivity contribution in [1.29, 1.82) is 0 Å². The van der Waals surface area contributed by atoms with Crippen molar-refractivity contribution >= 4 is 11.7 Å². The predicted octanol–water partition coefficient (Wildman–Crippen LogP) is 1.77. The van der Waals surface area contributed by atoms with Crippen LogP contribution in [-0.4, -0.2) is 67.8 Å². The van der Waals surface area contributed by atoms with Gasteiger partial charge in [-0.15, -0.1) is 0 Å². The van der Waals surface area contributed by atoms with Crippen LogP contribution in [0.4, 0.5) is 0 Å². The van der Waals surface area contributed by atoms with Gasteiger partial charge in [0.15, 0.2) is 0 Å². The highest BCUT2D eigenvalue weighted by atomic mass is 16.2. The minimum atomic E-state index is -0.361. The number of hydrogen-bond donors (Lipinski definition) is 1. The topological polar surface area (TPSA) is 52.6 Å². The molecule has 0 spiro atoms. The highest BCUT2D eigenvalue weighted by Crippen LogP contribution is 2.36. The number of amides is 1. The number of piperazine rings is 1. The van der Waals surface area contributed by atoms with Gasteiger partial charge >= 0.3 is 0 Å². The fourth-order valence-corrected chi connectivity index (χ4v) is 3.92. The fraction of sp³-hybridized carbons (Fsp3) is 0.895. The molecule has 0 bridgehead atoms. The van der Waals surface area contributed by atoms with E-state index >= 15 is 0 Å². The zero-order valence-electron chi connectivity index (χ0n) is 15.9. The van der Waals surface area contributed by atoms with Crippen LogP contribution in [0.5, 0.6) is 0 Å². The number of nitrogens with one attached hydrogen (secondary N) is 1. The summed E-state index contributed by atoms with van der Waals surface area (Å²) in [4.78, 5) is 30.0. The molecule has 5 heteroatoms. The Morgan fingerprint density at radius 3 is 2.25 bits per heavy atom. The van der Waals surface area contributed by atoms with Crippen molar-refractivity contribution in [3.05, 3.63) is 0 Å². The fourth-order valence-electron chi connectivity index (χ4n) is 3.92. The van der Waals surface area contributed by atoms with E-state index in [1.54, 1.807) is 0 Å². The number of carbonyl (C=O) groups is 2. The molecular weight excluding hydrogens is 302 g/mol. The number of Topliss-reactive ketones (excluding diaryl/α,β-unsaturated/α-hetero) is 1. The number of ketones is 1. The first-order valence-electron chi connectivity index (χ1n) is 9.53. The molecule has 1 heterocycles. The zero-order valence-corrected chi connectivity index (χ0v) is 15.9. The smallest absolute Gasteiger partial charge is 0.226 e. The lowest BCUT2D eigenvalue weighted by Gasteiger charge is -2.36. The van der Waals surface area contributed by atoms with Crippen LogP contribution in [0.25, 0.3) is 0 Å². The summed E-state index contributed by atoms with van der Waals surface area (Å²) in [5, 5.41) is 3.35. The molecule has 2 fully saturated rings. The van der Waals surface area contributed by atoms with Crippen molar-refractivity contribution in [2.24, 2.45) is 17.3 Å². The Hall–Kier alpha value is -0.940. The van der Waals surface area contributed by atoms with Crippen LogP contribution in [0.2, 0.25) is 0 Å². The van der Waals surface area contributed by atoms with Crippen molar-refractivity contribution in [1.82, 2.24) is 15.1 Å². The molecule has 0 radical (unpaired) electrons. The molecule has 0 aromatic rings. The van der Waals surface area contributed by atoms with Gasteiger partial charge in [0.05, 0.1) is 0 Å². The summed E-state index contributed by atoms with van der Waals surface area (Å²) in [7, 11) is 1.90. The average Bonchev–Trinajstić information content (AvgIpc) is 2.58. The number of carbonyl (C=O) groups excluding carboxylic acids is 2. The van der Waals surface area contributed by atoms with Crippen LogP contribution in [0.15, 0.2) is 0 Å². The van der Waals surface area contributed by atoms with Gasteiger partial charge in [-0.3, -0.25) is 14.5 Å². The third-order valence-electron chi connectivity index (χ3n) is 5.50. The van der Waals surface area contributed by atoms with Crippen molar-refractivity contribution < 1.29 is 9.59 Å². The van der Waals surface area contributed by atoms with Gasteiger partial charge in [0.1, 0.15) is 5.78 Å². The number of nitrogens with zero attached hydrogens (tertiary/aromatic N) is 2. The molecule has 1 saturated heterocycles. The van der Waals surface area contributed by atoms with E-state index in [4.69, 9.17) is 0 Å². The van der Waals surface area contributed by atoms with Gasteiger partial charge in [-0.25, -0.2) is 0 Å². The third kappa shape index (κ3) is 5.03. The number of rotatable bonds is 5. The molecule has 1 saturated carbocycles. The van der Waals surface area contributed by atoms with E-state index in [-0.39, 0.29) is 28.9 Å².